The SMILES string of the molecule is N#CC1(C(N)c2ccc3ncoc3c2)COC1. The number of hydrogen-bond acceptors (Lipinski definition) is 5. The van der Waals surface area contributed by atoms with Crippen molar-refractivity contribution in [1.82, 2.24) is 4.98 Å². The van der Waals surface area contributed by atoms with Gasteiger partial charge in [-0.15, -0.1) is 0 Å². The van der Waals surface area contributed by atoms with Crippen molar-refractivity contribution >= 4 is 11.1 Å². The van der Waals surface area contributed by atoms with Crippen LogP contribution in [-0.4, -0.2) is 18.2 Å². The quantitative estimate of drug-likeness (QED) is 0.840. The number of aromatic nitrogens is 1. The Morgan fingerprint density at radius 1 is 1.47 bits per heavy atom. The molecule has 2 heterocycles. The minimum Gasteiger partial charge on any atom is -0.443 e. The van der Waals surface area contributed by atoms with Crippen molar-refractivity contribution in [2.24, 2.45) is 11.1 Å². The van der Waals surface area contributed by atoms with Gasteiger partial charge in [-0.2, -0.15) is 5.26 Å². The summed E-state index contributed by atoms with van der Waals surface area (Å²) in [6, 6.07) is 7.46. The molecule has 5 nitrogen and oxygen atoms in total. The van der Waals surface area contributed by atoms with Crippen molar-refractivity contribution in [2.75, 3.05) is 13.2 Å². The van der Waals surface area contributed by atoms with E-state index in [4.69, 9.17) is 14.9 Å². The van der Waals surface area contributed by atoms with Gasteiger partial charge in [-0.3, -0.25) is 0 Å². The maximum atomic E-state index is 9.20. The molecule has 1 fully saturated rings. The lowest BCUT2D eigenvalue weighted by molar-refractivity contribution is -0.0910. The Morgan fingerprint density at radius 2 is 2.29 bits per heavy atom. The van der Waals surface area contributed by atoms with Crippen LogP contribution in [0.4, 0.5) is 0 Å². The Morgan fingerprint density at radius 3 is 2.94 bits per heavy atom. The van der Waals surface area contributed by atoms with Crippen LogP contribution in [0.5, 0.6) is 0 Å². The van der Waals surface area contributed by atoms with Crippen LogP contribution in [0.1, 0.15) is 11.6 Å². The second-order valence-electron chi connectivity index (χ2n) is 4.32. The Labute approximate surface area is 97.8 Å². The van der Waals surface area contributed by atoms with E-state index in [1.54, 1.807) is 0 Å². The van der Waals surface area contributed by atoms with Gasteiger partial charge in [0.25, 0.3) is 0 Å². The van der Waals surface area contributed by atoms with E-state index in [0.717, 1.165) is 11.1 Å². The van der Waals surface area contributed by atoms with Gasteiger partial charge in [-0.1, -0.05) is 6.07 Å². The van der Waals surface area contributed by atoms with Gasteiger partial charge in [0.2, 0.25) is 0 Å². The van der Waals surface area contributed by atoms with E-state index in [-0.39, 0.29) is 6.04 Å². The highest BCUT2D eigenvalue weighted by atomic mass is 16.5. The summed E-state index contributed by atoms with van der Waals surface area (Å²) in [6.45, 7) is 0.776. The normalized spacial score (nSPS) is 19.5. The second kappa shape index (κ2) is 3.55. The molecule has 2 N–H and O–H groups in total. The fraction of sp³-hybridized carbons (Fsp3) is 0.333. The standard InChI is InChI=1S/C12H11N3O2/c13-4-12(5-16-6-12)11(14)8-1-2-9-10(3-8)17-7-15-9/h1-3,7,11H,5-6,14H2. The average Bonchev–Trinajstić information content (AvgIpc) is 2.74. The van der Waals surface area contributed by atoms with Gasteiger partial charge in [0, 0.05) is 0 Å². The first-order valence-corrected chi connectivity index (χ1v) is 5.33. The number of nitrogens with two attached hydrogens (primary N) is 1. The lowest BCUT2D eigenvalue weighted by atomic mass is 9.77. The summed E-state index contributed by atoms with van der Waals surface area (Å²) in [6.07, 6.45) is 1.40. The van der Waals surface area contributed by atoms with Crippen LogP contribution in [-0.2, 0) is 4.74 Å². The predicted octanol–water partition coefficient (Wildman–Crippen LogP) is 1.37. The largest absolute Gasteiger partial charge is 0.443 e. The molecule has 1 aliphatic rings. The Hall–Kier alpha value is -1.90. The van der Waals surface area contributed by atoms with E-state index in [1.165, 1.54) is 6.39 Å². The van der Waals surface area contributed by atoms with Crippen LogP contribution in [0.3, 0.4) is 0 Å². The number of hydrogen-bond donors (Lipinski definition) is 1. The molecule has 86 valence electrons. The second-order valence-corrected chi connectivity index (χ2v) is 4.32. The van der Waals surface area contributed by atoms with Crippen LogP contribution in [0.15, 0.2) is 29.0 Å². The van der Waals surface area contributed by atoms with Crippen LogP contribution in [0, 0.1) is 16.7 Å². The molecule has 1 saturated heterocycles. The van der Waals surface area contributed by atoms with E-state index in [9.17, 15) is 5.26 Å². The number of oxazole rings is 1. The van der Waals surface area contributed by atoms with Gasteiger partial charge in [0.1, 0.15) is 10.9 Å². The first-order valence-electron chi connectivity index (χ1n) is 5.33. The summed E-state index contributed by atoms with van der Waals surface area (Å²) in [7, 11) is 0. The molecule has 3 rings (SSSR count). The molecule has 17 heavy (non-hydrogen) atoms. The molecule has 1 aromatic heterocycles. The van der Waals surface area contributed by atoms with Gasteiger partial charge < -0.3 is 14.9 Å². The maximum absolute atomic E-state index is 9.20. The number of fused-ring (bicyclic) bond motifs is 1. The summed E-state index contributed by atoms with van der Waals surface area (Å²) in [5, 5.41) is 9.20. The first kappa shape index (κ1) is 10.3. The topological polar surface area (TPSA) is 85.1 Å². The van der Waals surface area contributed by atoms with Crippen LogP contribution in [0.25, 0.3) is 11.1 Å². The smallest absolute Gasteiger partial charge is 0.181 e. The van der Waals surface area contributed by atoms with Crippen molar-refractivity contribution in [3.63, 3.8) is 0 Å². The molecule has 1 aromatic carbocycles. The van der Waals surface area contributed by atoms with Crippen LogP contribution >= 0.6 is 0 Å². The Balaban J connectivity index is 2.00. The summed E-state index contributed by atoms with van der Waals surface area (Å²) in [5.41, 5.74) is 7.89. The van der Waals surface area contributed by atoms with Gasteiger partial charge >= 0.3 is 0 Å². The van der Waals surface area contributed by atoms with E-state index < -0.39 is 5.41 Å². The predicted molar refractivity (Wildman–Crippen MR) is 59.8 cm³/mol. The monoisotopic (exact) mass is 229 g/mol. The van der Waals surface area contributed by atoms with Gasteiger partial charge in [0.15, 0.2) is 12.0 Å². The third-order valence-corrected chi connectivity index (χ3v) is 3.25. The zero-order valence-corrected chi connectivity index (χ0v) is 9.09. The van der Waals surface area contributed by atoms with Crippen molar-refractivity contribution in [1.29, 1.82) is 5.26 Å². The molecule has 0 amide bonds. The highest BCUT2D eigenvalue weighted by Gasteiger charge is 2.45. The van der Waals surface area contributed by atoms with Crippen molar-refractivity contribution < 1.29 is 9.15 Å². The lowest BCUT2D eigenvalue weighted by Gasteiger charge is -2.39. The molecule has 0 bridgehead atoms. The third-order valence-electron chi connectivity index (χ3n) is 3.25. The Kier molecular flexibility index (Phi) is 2.15. The molecule has 1 aliphatic heterocycles. The lowest BCUT2D eigenvalue weighted by Crippen LogP contribution is -2.49. The molecule has 0 aliphatic carbocycles. The van der Waals surface area contributed by atoms with E-state index >= 15 is 0 Å². The first-order chi connectivity index (χ1) is 8.25. The van der Waals surface area contributed by atoms with Crippen molar-refractivity contribution in [2.45, 2.75) is 6.04 Å². The maximum Gasteiger partial charge on any atom is 0.181 e. The molecule has 0 spiro atoms. The molecule has 0 radical (unpaired) electrons. The van der Waals surface area contributed by atoms with Crippen LogP contribution < -0.4 is 5.73 Å². The molecule has 0 saturated carbocycles. The van der Waals surface area contributed by atoms with Crippen LogP contribution in [0.2, 0.25) is 0 Å². The fourth-order valence-electron chi connectivity index (χ4n) is 2.02. The zero-order valence-electron chi connectivity index (χ0n) is 9.09. The summed E-state index contributed by atoms with van der Waals surface area (Å²) in [5.74, 6) is 0. The molecule has 1 unspecified atom stereocenters. The van der Waals surface area contributed by atoms with E-state index in [1.807, 2.05) is 18.2 Å². The van der Waals surface area contributed by atoms with Gasteiger partial charge in [-0.05, 0) is 17.7 Å². The van der Waals surface area contributed by atoms with Gasteiger partial charge in [-0.25, -0.2) is 4.98 Å². The fourth-order valence-corrected chi connectivity index (χ4v) is 2.02. The highest BCUT2D eigenvalue weighted by Crippen LogP contribution is 2.38. The summed E-state index contributed by atoms with van der Waals surface area (Å²) >= 11 is 0. The van der Waals surface area contributed by atoms with Crippen molar-refractivity contribution in [3.05, 3.63) is 30.2 Å². The molecular formula is C12H11N3O2. The van der Waals surface area contributed by atoms with E-state index in [0.29, 0.717) is 18.8 Å². The minimum absolute atomic E-state index is 0.365. The molecule has 2 aromatic rings. The number of nitriles is 1. The minimum atomic E-state index is -0.603. The molecular weight excluding hydrogens is 218 g/mol. The number of rotatable bonds is 2. The number of ether oxygens (including phenoxy) is 1. The van der Waals surface area contributed by atoms with Crippen molar-refractivity contribution in [3.8, 4) is 6.07 Å². The highest BCUT2D eigenvalue weighted by molar-refractivity contribution is 5.73. The molecule has 5 heteroatoms. The summed E-state index contributed by atoms with van der Waals surface area (Å²) in [4.78, 5) is 4.04. The van der Waals surface area contributed by atoms with Gasteiger partial charge in [0.05, 0.1) is 25.3 Å². The number of benzene rings is 1. The third kappa shape index (κ3) is 1.42. The Bertz CT molecular complexity index is 595. The molecule has 1 atom stereocenters. The zero-order chi connectivity index (χ0) is 11.9. The average molecular weight is 229 g/mol. The number of nitrogens with zero attached hydrogens (tertiary/aromatic N) is 2. The van der Waals surface area contributed by atoms with E-state index in [2.05, 4.69) is 11.1 Å². The summed E-state index contributed by atoms with van der Waals surface area (Å²) < 4.78 is 10.3.